The van der Waals surface area contributed by atoms with Crippen molar-refractivity contribution in [2.24, 2.45) is 0 Å². The van der Waals surface area contributed by atoms with Crippen LogP contribution in [0.3, 0.4) is 0 Å². The summed E-state index contributed by atoms with van der Waals surface area (Å²) in [4.78, 5) is 11.7. The lowest BCUT2D eigenvalue weighted by molar-refractivity contribution is -0.148. The number of aryl methyl sites for hydroxylation is 1. The molecule has 0 fully saturated rings. The minimum Gasteiger partial charge on any atom is -0.491 e. The van der Waals surface area contributed by atoms with Gasteiger partial charge in [-0.15, -0.1) is 0 Å². The second-order valence-corrected chi connectivity index (χ2v) is 4.76. The molecule has 0 radical (unpaired) electrons. The van der Waals surface area contributed by atoms with Crippen LogP contribution in [0.5, 0.6) is 5.75 Å². The number of hydrogen-bond donors (Lipinski definition) is 1. The standard InChI is InChI=1S/C15H23NO3/c1-5-6-12-7-9-13(10-8-12)19-11-15(2,16-3)14(17)18-4/h7-10,16H,5-6,11H2,1-4H3. The van der Waals surface area contributed by atoms with E-state index in [1.807, 2.05) is 24.3 Å². The van der Waals surface area contributed by atoms with Crippen molar-refractivity contribution in [2.75, 3.05) is 20.8 Å². The van der Waals surface area contributed by atoms with Crippen LogP contribution in [-0.4, -0.2) is 32.3 Å². The van der Waals surface area contributed by atoms with Crippen molar-refractivity contribution in [3.8, 4) is 5.75 Å². The van der Waals surface area contributed by atoms with Crippen LogP contribution in [0.1, 0.15) is 25.8 Å². The van der Waals surface area contributed by atoms with Gasteiger partial charge in [-0.3, -0.25) is 0 Å². The topological polar surface area (TPSA) is 47.6 Å². The van der Waals surface area contributed by atoms with E-state index in [-0.39, 0.29) is 12.6 Å². The van der Waals surface area contributed by atoms with Gasteiger partial charge in [0.2, 0.25) is 0 Å². The van der Waals surface area contributed by atoms with E-state index in [0.29, 0.717) is 0 Å². The second-order valence-electron chi connectivity index (χ2n) is 4.76. The molecule has 0 saturated heterocycles. The molecular weight excluding hydrogens is 242 g/mol. The smallest absolute Gasteiger partial charge is 0.329 e. The Hall–Kier alpha value is -1.55. The fourth-order valence-corrected chi connectivity index (χ4v) is 1.73. The van der Waals surface area contributed by atoms with Gasteiger partial charge in [0, 0.05) is 0 Å². The highest BCUT2D eigenvalue weighted by atomic mass is 16.5. The minimum atomic E-state index is -0.836. The lowest BCUT2D eigenvalue weighted by Gasteiger charge is -2.25. The molecule has 0 spiro atoms. The molecule has 106 valence electrons. The van der Waals surface area contributed by atoms with E-state index in [4.69, 9.17) is 9.47 Å². The van der Waals surface area contributed by atoms with Gasteiger partial charge in [-0.25, -0.2) is 4.79 Å². The van der Waals surface area contributed by atoms with E-state index >= 15 is 0 Å². The molecule has 1 aromatic carbocycles. The first-order valence-corrected chi connectivity index (χ1v) is 6.54. The molecule has 1 rings (SSSR count). The molecule has 0 aliphatic rings. The maximum Gasteiger partial charge on any atom is 0.329 e. The molecule has 1 N–H and O–H groups in total. The first-order chi connectivity index (χ1) is 9.05. The predicted octanol–water partition coefficient (Wildman–Crippen LogP) is 2.17. The third-order valence-electron chi connectivity index (χ3n) is 3.18. The molecule has 0 aromatic heterocycles. The molecule has 0 bridgehead atoms. The van der Waals surface area contributed by atoms with E-state index in [2.05, 4.69) is 12.2 Å². The fourth-order valence-electron chi connectivity index (χ4n) is 1.73. The third kappa shape index (κ3) is 4.24. The maximum atomic E-state index is 11.7. The van der Waals surface area contributed by atoms with Gasteiger partial charge in [-0.2, -0.15) is 0 Å². The summed E-state index contributed by atoms with van der Waals surface area (Å²) in [6.45, 7) is 4.13. The van der Waals surface area contributed by atoms with Gasteiger partial charge in [0.15, 0.2) is 0 Å². The van der Waals surface area contributed by atoms with Gasteiger partial charge >= 0.3 is 5.97 Å². The van der Waals surface area contributed by atoms with Crippen molar-refractivity contribution in [1.82, 2.24) is 5.32 Å². The van der Waals surface area contributed by atoms with E-state index in [1.165, 1.54) is 12.7 Å². The first-order valence-electron chi connectivity index (χ1n) is 6.54. The zero-order valence-electron chi connectivity index (χ0n) is 12.2. The summed E-state index contributed by atoms with van der Waals surface area (Å²) >= 11 is 0. The van der Waals surface area contributed by atoms with Crippen molar-refractivity contribution in [3.63, 3.8) is 0 Å². The number of carbonyl (C=O) groups is 1. The van der Waals surface area contributed by atoms with E-state index in [1.54, 1.807) is 14.0 Å². The molecular formula is C15H23NO3. The Bertz CT molecular complexity index is 402. The van der Waals surface area contributed by atoms with E-state index in [0.717, 1.165) is 18.6 Å². The Morgan fingerprint density at radius 2 is 1.95 bits per heavy atom. The van der Waals surface area contributed by atoms with Crippen molar-refractivity contribution in [1.29, 1.82) is 0 Å². The van der Waals surface area contributed by atoms with Crippen LogP contribution < -0.4 is 10.1 Å². The Labute approximate surface area is 115 Å². The van der Waals surface area contributed by atoms with E-state index < -0.39 is 5.54 Å². The Kier molecular flexibility index (Phi) is 5.83. The molecule has 19 heavy (non-hydrogen) atoms. The summed E-state index contributed by atoms with van der Waals surface area (Å²) in [7, 11) is 3.09. The highest BCUT2D eigenvalue weighted by Gasteiger charge is 2.33. The average Bonchev–Trinajstić information content (AvgIpc) is 2.45. The zero-order valence-corrected chi connectivity index (χ0v) is 12.2. The number of nitrogens with one attached hydrogen (secondary N) is 1. The van der Waals surface area contributed by atoms with Crippen LogP contribution in [0.2, 0.25) is 0 Å². The number of likely N-dealkylation sites (N-methyl/N-ethyl adjacent to an activating group) is 1. The SMILES string of the molecule is CCCc1ccc(OCC(C)(NC)C(=O)OC)cc1. The second kappa shape index (κ2) is 7.14. The lowest BCUT2D eigenvalue weighted by Crippen LogP contribution is -2.52. The number of benzene rings is 1. The molecule has 4 heteroatoms. The number of hydrogen-bond acceptors (Lipinski definition) is 4. The Balaban J connectivity index is 2.62. The van der Waals surface area contributed by atoms with Crippen LogP contribution in [-0.2, 0) is 16.0 Å². The predicted molar refractivity (Wildman–Crippen MR) is 75.4 cm³/mol. The van der Waals surface area contributed by atoms with Gasteiger partial charge < -0.3 is 14.8 Å². The molecule has 0 amide bonds. The molecule has 1 unspecified atom stereocenters. The van der Waals surface area contributed by atoms with Crippen LogP contribution in [0.4, 0.5) is 0 Å². The van der Waals surface area contributed by atoms with Crippen LogP contribution in [0.15, 0.2) is 24.3 Å². The molecule has 4 nitrogen and oxygen atoms in total. The van der Waals surface area contributed by atoms with Crippen LogP contribution in [0.25, 0.3) is 0 Å². The molecule has 1 atom stereocenters. The highest BCUT2D eigenvalue weighted by molar-refractivity contribution is 5.80. The van der Waals surface area contributed by atoms with Crippen molar-refractivity contribution >= 4 is 5.97 Å². The first kappa shape index (κ1) is 15.5. The van der Waals surface area contributed by atoms with Gasteiger partial charge in [-0.05, 0) is 38.1 Å². The molecule has 0 saturated carbocycles. The molecule has 0 aliphatic carbocycles. The number of carbonyl (C=O) groups excluding carboxylic acids is 1. The largest absolute Gasteiger partial charge is 0.491 e. The number of methoxy groups -OCH3 is 1. The number of ether oxygens (including phenoxy) is 2. The monoisotopic (exact) mass is 265 g/mol. The van der Waals surface area contributed by atoms with Crippen molar-refractivity contribution in [3.05, 3.63) is 29.8 Å². The molecule has 1 aromatic rings. The van der Waals surface area contributed by atoms with Gasteiger partial charge in [-0.1, -0.05) is 25.5 Å². The number of rotatable bonds is 7. The highest BCUT2D eigenvalue weighted by Crippen LogP contribution is 2.16. The number of esters is 1. The average molecular weight is 265 g/mol. The summed E-state index contributed by atoms with van der Waals surface area (Å²) in [5, 5.41) is 2.93. The van der Waals surface area contributed by atoms with Crippen LogP contribution >= 0.6 is 0 Å². The van der Waals surface area contributed by atoms with Crippen molar-refractivity contribution < 1.29 is 14.3 Å². The summed E-state index contributed by atoms with van der Waals surface area (Å²) in [6, 6.07) is 7.96. The summed E-state index contributed by atoms with van der Waals surface area (Å²) in [6.07, 6.45) is 2.19. The van der Waals surface area contributed by atoms with Crippen LogP contribution in [0, 0.1) is 0 Å². The van der Waals surface area contributed by atoms with E-state index in [9.17, 15) is 4.79 Å². The molecule has 0 aliphatic heterocycles. The maximum absolute atomic E-state index is 11.7. The Morgan fingerprint density at radius 3 is 2.42 bits per heavy atom. The minimum absolute atomic E-state index is 0.225. The lowest BCUT2D eigenvalue weighted by atomic mass is 10.1. The van der Waals surface area contributed by atoms with Gasteiger partial charge in [0.05, 0.1) is 7.11 Å². The summed E-state index contributed by atoms with van der Waals surface area (Å²) in [5.74, 6) is 0.419. The third-order valence-corrected chi connectivity index (χ3v) is 3.18. The Morgan fingerprint density at radius 1 is 1.32 bits per heavy atom. The van der Waals surface area contributed by atoms with Gasteiger partial charge in [0.1, 0.15) is 17.9 Å². The normalized spacial score (nSPS) is 13.7. The summed E-state index contributed by atoms with van der Waals surface area (Å²) in [5.41, 5.74) is 0.454. The van der Waals surface area contributed by atoms with Gasteiger partial charge in [0.25, 0.3) is 0 Å². The quantitative estimate of drug-likeness (QED) is 0.768. The van der Waals surface area contributed by atoms with Crippen molar-refractivity contribution in [2.45, 2.75) is 32.2 Å². The summed E-state index contributed by atoms with van der Waals surface area (Å²) < 4.78 is 10.4. The fraction of sp³-hybridized carbons (Fsp3) is 0.533. The zero-order chi connectivity index (χ0) is 14.3. The molecule has 0 heterocycles.